The van der Waals surface area contributed by atoms with Gasteiger partial charge in [0.05, 0.1) is 24.8 Å². The fourth-order valence-corrected chi connectivity index (χ4v) is 1.28. The highest BCUT2D eigenvalue weighted by atomic mass is 32.2. The average Bonchev–Trinajstić information content (AvgIpc) is 2.38. The maximum Gasteiger partial charge on any atom is 0.186 e. The number of guanidine groups is 1. The van der Waals surface area contributed by atoms with Gasteiger partial charge in [-0.25, -0.2) is 0 Å². The number of hydrogen-bond donors (Lipinski definition) is 3. The lowest BCUT2D eigenvalue weighted by molar-refractivity contribution is 0.187. The lowest BCUT2D eigenvalue weighted by atomic mass is 10.1. The molecular formula is C11H18FN3OS. The van der Waals surface area contributed by atoms with Crippen LogP contribution in [-0.2, 0) is 0 Å². The summed E-state index contributed by atoms with van der Waals surface area (Å²) in [6.07, 6.45) is -0.772. The van der Waals surface area contributed by atoms with E-state index in [4.69, 9.17) is 11.5 Å². The Morgan fingerprint density at radius 2 is 1.88 bits per heavy atom. The molecular weight excluding hydrogens is 241 g/mol. The molecule has 0 heterocycles. The lowest BCUT2D eigenvalue weighted by Gasteiger charge is -2.08. The van der Waals surface area contributed by atoms with Crippen molar-refractivity contribution in [1.82, 2.24) is 0 Å². The molecule has 17 heavy (non-hydrogen) atoms. The van der Waals surface area contributed by atoms with Gasteiger partial charge in [0, 0.05) is 4.90 Å². The van der Waals surface area contributed by atoms with Gasteiger partial charge in [-0.3, -0.25) is 4.99 Å². The molecule has 0 bridgehead atoms. The molecule has 0 aliphatic heterocycles. The number of benzene rings is 1. The maximum absolute atomic E-state index is 12.1. The molecule has 0 radical (unpaired) electrons. The third-order valence-electron chi connectivity index (χ3n) is 1.80. The first-order chi connectivity index (χ1) is 8.13. The van der Waals surface area contributed by atoms with E-state index < -0.39 is 6.10 Å². The van der Waals surface area contributed by atoms with Gasteiger partial charge in [-0.15, -0.1) is 0 Å². The topological polar surface area (TPSA) is 84.6 Å². The quantitative estimate of drug-likeness (QED) is 0.570. The Balaban J connectivity index is 0.00000121. The number of aliphatic imine (C=N–C) groups is 1. The van der Waals surface area contributed by atoms with Gasteiger partial charge in [-0.2, -0.15) is 3.89 Å². The largest absolute Gasteiger partial charge is 0.386 e. The Labute approximate surface area is 105 Å². The van der Waals surface area contributed by atoms with Crippen molar-refractivity contribution in [1.29, 1.82) is 0 Å². The van der Waals surface area contributed by atoms with Gasteiger partial charge < -0.3 is 16.6 Å². The summed E-state index contributed by atoms with van der Waals surface area (Å²) in [5, 5.41) is 9.61. The van der Waals surface area contributed by atoms with E-state index in [1.165, 1.54) is 0 Å². The minimum absolute atomic E-state index is 0.0648. The van der Waals surface area contributed by atoms with Crippen molar-refractivity contribution in [2.24, 2.45) is 16.5 Å². The predicted molar refractivity (Wildman–Crippen MR) is 70.4 cm³/mol. The fourth-order valence-electron chi connectivity index (χ4n) is 1.04. The standard InChI is InChI=1S/C9H12FN3OS.C2H6/c10-15-7-3-1-6(2-4-7)8(14)5-13-9(11)12;1-2/h1-4,8,14H,5H2,(H4,11,12,13);1-2H3/t8-;/m0./s1. The zero-order chi connectivity index (χ0) is 13.3. The molecule has 1 atom stereocenters. The molecule has 0 aliphatic rings. The van der Waals surface area contributed by atoms with Crippen LogP contribution in [0.2, 0.25) is 0 Å². The van der Waals surface area contributed by atoms with Crippen molar-refractivity contribution in [2.75, 3.05) is 6.54 Å². The molecule has 1 aromatic carbocycles. The predicted octanol–water partition coefficient (Wildman–Crippen LogP) is 2.00. The summed E-state index contributed by atoms with van der Waals surface area (Å²) >= 11 is 0.158. The Hall–Kier alpha value is -1.27. The first-order valence-corrected chi connectivity index (χ1v) is 5.97. The van der Waals surface area contributed by atoms with E-state index in [1.54, 1.807) is 24.3 Å². The number of nitrogens with two attached hydrogens (primary N) is 2. The highest BCUT2D eigenvalue weighted by molar-refractivity contribution is 7.94. The maximum atomic E-state index is 12.1. The van der Waals surface area contributed by atoms with Crippen LogP contribution < -0.4 is 11.5 Å². The van der Waals surface area contributed by atoms with Gasteiger partial charge in [-0.05, 0) is 17.7 Å². The van der Waals surface area contributed by atoms with Gasteiger partial charge in [0.1, 0.15) is 0 Å². The van der Waals surface area contributed by atoms with Gasteiger partial charge in [0.25, 0.3) is 0 Å². The molecule has 0 saturated carbocycles. The Morgan fingerprint density at radius 1 is 1.35 bits per heavy atom. The van der Waals surface area contributed by atoms with E-state index in [9.17, 15) is 8.99 Å². The molecule has 0 spiro atoms. The summed E-state index contributed by atoms with van der Waals surface area (Å²) in [6.45, 7) is 4.10. The SMILES string of the molecule is CC.NC(N)=NC[C@H](O)c1ccc(SF)cc1. The highest BCUT2D eigenvalue weighted by Crippen LogP contribution is 2.21. The van der Waals surface area contributed by atoms with Crippen LogP contribution in [0.1, 0.15) is 25.5 Å². The Bertz CT molecular complexity index is 339. The molecule has 5 N–H and O–H groups in total. The van der Waals surface area contributed by atoms with Crippen molar-refractivity contribution in [2.45, 2.75) is 24.8 Å². The van der Waals surface area contributed by atoms with Crippen LogP contribution >= 0.6 is 12.1 Å². The molecule has 0 amide bonds. The number of halogens is 1. The van der Waals surface area contributed by atoms with Crippen LogP contribution in [0.5, 0.6) is 0 Å². The molecule has 0 aliphatic carbocycles. The minimum atomic E-state index is -0.772. The first kappa shape index (κ1) is 15.7. The van der Waals surface area contributed by atoms with Crippen molar-refractivity contribution < 1.29 is 8.99 Å². The lowest BCUT2D eigenvalue weighted by Crippen LogP contribution is -2.23. The smallest absolute Gasteiger partial charge is 0.186 e. The van der Waals surface area contributed by atoms with Crippen LogP contribution in [0.25, 0.3) is 0 Å². The summed E-state index contributed by atoms with van der Waals surface area (Å²) in [4.78, 5) is 4.18. The molecule has 0 fully saturated rings. The normalized spacial score (nSPS) is 11.1. The molecule has 0 saturated heterocycles. The summed E-state index contributed by atoms with van der Waals surface area (Å²) in [7, 11) is 0. The van der Waals surface area contributed by atoms with E-state index in [1.807, 2.05) is 13.8 Å². The number of hydrogen-bond acceptors (Lipinski definition) is 3. The van der Waals surface area contributed by atoms with Gasteiger partial charge in [0.2, 0.25) is 0 Å². The molecule has 0 unspecified atom stereocenters. The molecule has 6 heteroatoms. The second-order valence-corrected chi connectivity index (χ2v) is 3.55. The van der Waals surface area contributed by atoms with E-state index in [-0.39, 0.29) is 24.7 Å². The van der Waals surface area contributed by atoms with E-state index in [2.05, 4.69) is 4.99 Å². The zero-order valence-corrected chi connectivity index (χ0v) is 10.7. The fraction of sp³-hybridized carbons (Fsp3) is 0.364. The van der Waals surface area contributed by atoms with E-state index in [0.29, 0.717) is 10.5 Å². The summed E-state index contributed by atoms with van der Waals surface area (Å²) in [5.41, 5.74) is 10.9. The second kappa shape index (κ2) is 8.83. The zero-order valence-electron chi connectivity index (χ0n) is 9.93. The van der Waals surface area contributed by atoms with Gasteiger partial charge >= 0.3 is 0 Å². The van der Waals surface area contributed by atoms with Crippen molar-refractivity contribution in [3.05, 3.63) is 29.8 Å². The number of rotatable bonds is 4. The highest BCUT2D eigenvalue weighted by Gasteiger charge is 2.06. The van der Waals surface area contributed by atoms with Crippen LogP contribution in [0.3, 0.4) is 0 Å². The van der Waals surface area contributed by atoms with Crippen LogP contribution in [-0.4, -0.2) is 17.6 Å². The number of aliphatic hydroxyl groups excluding tert-OH is 1. The van der Waals surface area contributed by atoms with Crippen molar-refractivity contribution >= 4 is 18.1 Å². The summed E-state index contributed by atoms with van der Waals surface area (Å²) < 4.78 is 12.1. The van der Waals surface area contributed by atoms with E-state index >= 15 is 0 Å². The van der Waals surface area contributed by atoms with Gasteiger partial charge in [0.15, 0.2) is 5.96 Å². The molecule has 0 aromatic heterocycles. The molecule has 1 rings (SSSR count). The summed E-state index contributed by atoms with van der Waals surface area (Å²) in [5.74, 6) is -0.0648. The third kappa shape index (κ3) is 6.13. The molecule has 96 valence electrons. The Morgan fingerprint density at radius 3 is 2.29 bits per heavy atom. The number of nitrogens with zero attached hydrogens (tertiary/aromatic N) is 1. The average molecular weight is 259 g/mol. The summed E-state index contributed by atoms with van der Waals surface area (Å²) in [6, 6.07) is 6.43. The second-order valence-electron chi connectivity index (χ2n) is 2.93. The minimum Gasteiger partial charge on any atom is -0.386 e. The van der Waals surface area contributed by atoms with Crippen LogP contribution in [0.15, 0.2) is 34.2 Å². The molecule has 1 aromatic rings. The number of aliphatic hydroxyl groups is 1. The monoisotopic (exact) mass is 259 g/mol. The third-order valence-corrected chi connectivity index (χ3v) is 2.25. The van der Waals surface area contributed by atoms with E-state index in [0.717, 1.165) is 0 Å². The first-order valence-electron chi connectivity index (χ1n) is 5.25. The van der Waals surface area contributed by atoms with Crippen molar-refractivity contribution in [3.63, 3.8) is 0 Å². The van der Waals surface area contributed by atoms with Crippen LogP contribution in [0.4, 0.5) is 3.89 Å². The van der Waals surface area contributed by atoms with Crippen molar-refractivity contribution in [3.8, 4) is 0 Å². The van der Waals surface area contributed by atoms with Gasteiger partial charge in [-0.1, -0.05) is 26.0 Å². The molecule has 4 nitrogen and oxygen atoms in total. The Kier molecular flexibility index (Phi) is 8.17. The van der Waals surface area contributed by atoms with Crippen LogP contribution in [0, 0.1) is 0 Å².